The third kappa shape index (κ3) is 6.69. The lowest BCUT2D eigenvalue weighted by Crippen LogP contribution is -2.46. The normalized spacial score (nSPS) is 13.7. The summed E-state index contributed by atoms with van der Waals surface area (Å²) in [4.78, 5) is 26.6. The Kier molecular flexibility index (Phi) is 8.70. The van der Waals surface area contributed by atoms with Crippen molar-refractivity contribution in [3.8, 4) is 5.75 Å². The Morgan fingerprint density at radius 2 is 1.67 bits per heavy atom. The number of carbonyl (C=O) groups is 1. The molecule has 1 aliphatic heterocycles. The number of thioether (sulfide) groups is 1. The molecule has 2 aromatic carbocycles. The number of benzene rings is 2. The molecule has 36 heavy (non-hydrogen) atoms. The predicted molar refractivity (Wildman–Crippen MR) is 147 cm³/mol. The third-order valence-electron chi connectivity index (χ3n) is 6.15. The quantitative estimate of drug-likeness (QED) is 0.331. The summed E-state index contributed by atoms with van der Waals surface area (Å²) < 4.78 is 5.28. The summed E-state index contributed by atoms with van der Waals surface area (Å²) in [6.45, 7) is 9.76. The Labute approximate surface area is 218 Å². The van der Waals surface area contributed by atoms with Crippen LogP contribution in [0.4, 0.5) is 11.5 Å². The predicted octanol–water partition coefficient (Wildman–Crippen LogP) is 4.80. The van der Waals surface area contributed by atoms with Crippen LogP contribution in [0, 0.1) is 0 Å². The average molecular weight is 506 g/mol. The van der Waals surface area contributed by atoms with E-state index in [9.17, 15) is 4.79 Å². The number of ether oxygens (including phenoxy) is 1. The molecule has 3 aromatic rings. The molecule has 0 aliphatic carbocycles. The average Bonchev–Trinajstić information content (AvgIpc) is 2.91. The first-order valence-corrected chi connectivity index (χ1v) is 13.5. The van der Waals surface area contributed by atoms with E-state index in [2.05, 4.69) is 40.2 Å². The summed E-state index contributed by atoms with van der Waals surface area (Å²) >= 11 is 1.64. The van der Waals surface area contributed by atoms with Gasteiger partial charge >= 0.3 is 0 Å². The Balaban J connectivity index is 1.37. The maximum absolute atomic E-state index is 12.2. The van der Waals surface area contributed by atoms with Gasteiger partial charge in [0.25, 0.3) is 5.91 Å². The van der Waals surface area contributed by atoms with E-state index < -0.39 is 0 Å². The molecule has 8 heteroatoms. The van der Waals surface area contributed by atoms with Crippen LogP contribution in [0.3, 0.4) is 0 Å². The number of hydrogen-bond donors (Lipinski definition) is 1. The molecule has 190 valence electrons. The minimum absolute atomic E-state index is 0.0417. The minimum atomic E-state index is -0.0417. The molecule has 1 N–H and O–H groups in total. The first-order valence-electron chi connectivity index (χ1n) is 12.5. The zero-order valence-corrected chi connectivity index (χ0v) is 22.3. The molecule has 0 atom stereocenters. The van der Waals surface area contributed by atoms with Crippen LogP contribution < -0.4 is 19.9 Å². The monoisotopic (exact) mass is 505 g/mol. The van der Waals surface area contributed by atoms with Crippen molar-refractivity contribution in [1.82, 2.24) is 15.3 Å². The van der Waals surface area contributed by atoms with Gasteiger partial charge in [0.1, 0.15) is 11.6 Å². The number of piperazine rings is 1. The van der Waals surface area contributed by atoms with Crippen molar-refractivity contribution in [2.24, 2.45) is 0 Å². The molecule has 0 bridgehead atoms. The van der Waals surface area contributed by atoms with Gasteiger partial charge in [0.15, 0.2) is 5.16 Å². The van der Waals surface area contributed by atoms with E-state index in [0.717, 1.165) is 66.3 Å². The molecule has 7 nitrogen and oxygen atoms in total. The second kappa shape index (κ2) is 12.1. The van der Waals surface area contributed by atoms with Crippen LogP contribution in [0.1, 0.15) is 42.4 Å². The van der Waals surface area contributed by atoms with Gasteiger partial charge in [-0.3, -0.25) is 4.79 Å². The van der Waals surface area contributed by atoms with Gasteiger partial charge in [-0.25, -0.2) is 9.97 Å². The van der Waals surface area contributed by atoms with Crippen LogP contribution in [-0.2, 0) is 12.2 Å². The van der Waals surface area contributed by atoms with E-state index in [-0.39, 0.29) is 11.9 Å². The van der Waals surface area contributed by atoms with Crippen molar-refractivity contribution in [2.75, 3.05) is 43.1 Å². The number of aromatic nitrogens is 2. The van der Waals surface area contributed by atoms with Crippen LogP contribution >= 0.6 is 11.8 Å². The number of hydrogen-bond acceptors (Lipinski definition) is 7. The van der Waals surface area contributed by atoms with Crippen molar-refractivity contribution >= 4 is 29.2 Å². The summed E-state index contributed by atoms with van der Waals surface area (Å²) in [5.41, 5.74) is 4.09. The van der Waals surface area contributed by atoms with Crippen LogP contribution in [0.25, 0.3) is 0 Å². The van der Waals surface area contributed by atoms with Crippen LogP contribution in [0.5, 0.6) is 5.75 Å². The smallest absolute Gasteiger partial charge is 0.251 e. The largest absolute Gasteiger partial charge is 0.497 e. The zero-order valence-electron chi connectivity index (χ0n) is 21.5. The number of nitrogens with one attached hydrogen (secondary N) is 1. The molecule has 1 fully saturated rings. The summed E-state index contributed by atoms with van der Waals surface area (Å²) in [5.74, 6) is 2.59. The van der Waals surface area contributed by atoms with Gasteiger partial charge in [-0.15, -0.1) is 0 Å². The second-order valence-electron chi connectivity index (χ2n) is 9.14. The molecule has 4 rings (SSSR count). The molecular weight excluding hydrogens is 470 g/mol. The SMILES string of the molecule is CCc1cc(N2CCN(c3ccc(OC)cc3)CC2)nc(SCc2ccc(C(=O)NC(C)C)cc2)n1. The van der Waals surface area contributed by atoms with E-state index in [1.807, 2.05) is 50.2 Å². The number of amides is 1. The standard InChI is InChI=1S/C28H35N5O2S/c1-5-23-18-26(33-16-14-32(15-17-33)24-10-12-25(35-4)13-11-24)31-28(30-23)36-19-21-6-8-22(9-7-21)27(34)29-20(2)3/h6-13,18,20H,5,14-17,19H2,1-4H3,(H,29,34). The van der Waals surface area contributed by atoms with E-state index in [1.54, 1.807) is 18.9 Å². The maximum Gasteiger partial charge on any atom is 0.251 e. The van der Waals surface area contributed by atoms with Gasteiger partial charge in [-0.05, 0) is 62.2 Å². The molecule has 2 heterocycles. The highest BCUT2D eigenvalue weighted by Gasteiger charge is 2.20. The molecule has 1 saturated heterocycles. The summed E-state index contributed by atoms with van der Waals surface area (Å²) in [6.07, 6.45) is 0.870. The van der Waals surface area contributed by atoms with Crippen molar-refractivity contribution in [2.45, 2.75) is 44.1 Å². The Hall–Kier alpha value is -3.26. The van der Waals surface area contributed by atoms with Crippen LogP contribution in [0.15, 0.2) is 59.8 Å². The van der Waals surface area contributed by atoms with Crippen LogP contribution in [-0.4, -0.2) is 55.2 Å². The molecule has 0 spiro atoms. The van der Waals surface area contributed by atoms with Gasteiger partial charge < -0.3 is 19.9 Å². The van der Waals surface area contributed by atoms with Gasteiger partial charge in [0, 0.05) is 61.0 Å². The Morgan fingerprint density at radius 3 is 2.28 bits per heavy atom. The molecular formula is C28H35N5O2S. The van der Waals surface area contributed by atoms with Crippen molar-refractivity contribution in [3.05, 3.63) is 71.4 Å². The Morgan fingerprint density at radius 1 is 1.00 bits per heavy atom. The van der Waals surface area contributed by atoms with E-state index in [1.165, 1.54) is 5.69 Å². The Bertz CT molecular complexity index is 1140. The van der Waals surface area contributed by atoms with Gasteiger partial charge in [-0.2, -0.15) is 0 Å². The van der Waals surface area contributed by atoms with Crippen molar-refractivity contribution < 1.29 is 9.53 Å². The van der Waals surface area contributed by atoms with Gasteiger partial charge in [0.2, 0.25) is 0 Å². The fourth-order valence-electron chi connectivity index (χ4n) is 4.10. The topological polar surface area (TPSA) is 70.6 Å². The highest BCUT2D eigenvalue weighted by Crippen LogP contribution is 2.26. The van der Waals surface area contributed by atoms with E-state index >= 15 is 0 Å². The van der Waals surface area contributed by atoms with Crippen LogP contribution in [0.2, 0.25) is 0 Å². The van der Waals surface area contributed by atoms with Gasteiger partial charge in [-0.1, -0.05) is 30.8 Å². The lowest BCUT2D eigenvalue weighted by molar-refractivity contribution is 0.0943. The number of rotatable bonds is 9. The highest BCUT2D eigenvalue weighted by atomic mass is 32.2. The number of anilines is 2. The summed E-state index contributed by atoms with van der Waals surface area (Å²) in [5, 5.41) is 3.72. The first kappa shape index (κ1) is 25.8. The molecule has 1 aliphatic rings. The molecule has 1 amide bonds. The van der Waals surface area contributed by atoms with Crippen molar-refractivity contribution in [1.29, 1.82) is 0 Å². The lowest BCUT2D eigenvalue weighted by atomic mass is 10.1. The fourth-order valence-corrected chi connectivity index (χ4v) is 4.93. The fraction of sp³-hybridized carbons (Fsp3) is 0.393. The van der Waals surface area contributed by atoms with Crippen molar-refractivity contribution in [3.63, 3.8) is 0 Å². The van der Waals surface area contributed by atoms with E-state index in [0.29, 0.717) is 5.56 Å². The summed E-state index contributed by atoms with van der Waals surface area (Å²) in [6, 6.07) is 18.3. The lowest BCUT2D eigenvalue weighted by Gasteiger charge is -2.37. The molecule has 0 unspecified atom stereocenters. The maximum atomic E-state index is 12.2. The number of aryl methyl sites for hydroxylation is 1. The van der Waals surface area contributed by atoms with E-state index in [4.69, 9.17) is 14.7 Å². The third-order valence-corrected chi connectivity index (χ3v) is 7.07. The number of nitrogens with zero attached hydrogens (tertiary/aromatic N) is 4. The molecule has 0 radical (unpaired) electrons. The zero-order chi connectivity index (χ0) is 25.5. The molecule has 1 aromatic heterocycles. The highest BCUT2D eigenvalue weighted by molar-refractivity contribution is 7.98. The number of carbonyl (C=O) groups excluding carboxylic acids is 1. The number of methoxy groups -OCH3 is 1. The second-order valence-corrected chi connectivity index (χ2v) is 10.1. The summed E-state index contributed by atoms with van der Waals surface area (Å²) in [7, 11) is 1.69. The molecule has 0 saturated carbocycles. The first-order chi connectivity index (χ1) is 17.4. The van der Waals surface area contributed by atoms with Gasteiger partial charge in [0.05, 0.1) is 7.11 Å². The minimum Gasteiger partial charge on any atom is -0.497 e.